The molecule has 0 aliphatic carbocycles. The van der Waals surface area contributed by atoms with E-state index >= 15 is 0 Å². The second-order valence-electron chi connectivity index (χ2n) is 6.53. The summed E-state index contributed by atoms with van der Waals surface area (Å²) in [6.45, 7) is 1.86. The van der Waals surface area contributed by atoms with E-state index in [1.165, 1.54) is 19.4 Å². The van der Waals surface area contributed by atoms with Crippen molar-refractivity contribution >= 4 is 28.1 Å². The van der Waals surface area contributed by atoms with Crippen LogP contribution in [0, 0.1) is 0 Å². The molecule has 3 aromatic rings. The van der Waals surface area contributed by atoms with Gasteiger partial charge in [-0.25, -0.2) is 5.43 Å². The van der Waals surface area contributed by atoms with Gasteiger partial charge < -0.3 is 14.3 Å². The van der Waals surface area contributed by atoms with Crippen LogP contribution in [0.2, 0.25) is 0 Å². The molecule has 150 valence electrons. The Morgan fingerprint density at radius 3 is 2.69 bits per heavy atom. The van der Waals surface area contributed by atoms with Crippen LogP contribution in [0.15, 0.2) is 68.6 Å². The van der Waals surface area contributed by atoms with E-state index in [4.69, 9.17) is 9.15 Å². The maximum Gasteiger partial charge on any atom is 0.240 e. The molecule has 1 heterocycles. The Kier molecular flexibility index (Phi) is 6.72. The number of aromatic hydroxyl groups is 1. The van der Waals surface area contributed by atoms with Gasteiger partial charge in [0.05, 0.1) is 13.3 Å². The van der Waals surface area contributed by atoms with Crippen LogP contribution in [0.25, 0.3) is 11.3 Å². The van der Waals surface area contributed by atoms with Crippen LogP contribution in [0.1, 0.15) is 30.6 Å². The predicted octanol–water partition coefficient (Wildman–Crippen LogP) is 5.07. The molecule has 2 N–H and O–H groups in total. The highest BCUT2D eigenvalue weighted by atomic mass is 79.9. The number of hydrogen-bond donors (Lipinski definition) is 2. The maximum absolute atomic E-state index is 12.1. The fraction of sp³-hybridized carbons (Fsp3) is 0.182. The Hall–Kier alpha value is -3.06. The number of rotatable bonds is 7. The van der Waals surface area contributed by atoms with Crippen molar-refractivity contribution in [3.05, 3.63) is 70.4 Å². The molecule has 0 saturated heterocycles. The number of phenolic OH excluding ortho intramolecular Hbond substituents is 1. The van der Waals surface area contributed by atoms with Crippen LogP contribution < -0.4 is 10.2 Å². The molecule has 2 aromatic carbocycles. The number of ether oxygens (including phenoxy) is 1. The highest BCUT2D eigenvalue weighted by Gasteiger charge is 2.15. The fourth-order valence-corrected chi connectivity index (χ4v) is 3.12. The summed E-state index contributed by atoms with van der Waals surface area (Å²) in [6, 6.07) is 16.4. The lowest BCUT2D eigenvalue weighted by Gasteiger charge is -2.13. The number of nitrogens with zero attached hydrogens (tertiary/aromatic N) is 1. The largest absolute Gasteiger partial charge is 0.508 e. The molecule has 6 nitrogen and oxygen atoms in total. The molecule has 29 heavy (non-hydrogen) atoms. The second kappa shape index (κ2) is 9.43. The monoisotopic (exact) mass is 456 g/mol. The highest BCUT2D eigenvalue weighted by molar-refractivity contribution is 9.10. The van der Waals surface area contributed by atoms with Gasteiger partial charge in [-0.15, -0.1) is 0 Å². The van der Waals surface area contributed by atoms with Gasteiger partial charge in [0, 0.05) is 22.5 Å². The van der Waals surface area contributed by atoms with E-state index in [0.717, 1.165) is 10.0 Å². The van der Waals surface area contributed by atoms with E-state index < -0.39 is 0 Å². The molecular formula is C22H21BrN2O4. The Morgan fingerprint density at radius 1 is 1.24 bits per heavy atom. The SMILES string of the molecule is COc1ccc(C(C)CC(=O)NN=Cc2ccc(-c3ccc(Br)cc3)o2)c(O)c1. The molecule has 0 bridgehead atoms. The first-order valence-corrected chi connectivity index (χ1v) is 9.80. The molecule has 1 amide bonds. The molecule has 0 fully saturated rings. The fourth-order valence-electron chi connectivity index (χ4n) is 2.86. The number of nitrogens with one attached hydrogen (secondary N) is 1. The lowest BCUT2D eigenvalue weighted by atomic mass is 9.96. The molecule has 7 heteroatoms. The Labute approximate surface area is 177 Å². The van der Waals surface area contributed by atoms with Gasteiger partial charge in [0.25, 0.3) is 0 Å². The average Bonchev–Trinajstić information content (AvgIpc) is 3.17. The van der Waals surface area contributed by atoms with E-state index in [1.54, 1.807) is 18.2 Å². The summed E-state index contributed by atoms with van der Waals surface area (Å²) in [4.78, 5) is 12.1. The third-order valence-electron chi connectivity index (χ3n) is 4.40. The second-order valence-corrected chi connectivity index (χ2v) is 7.45. The zero-order valence-electron chi connectivity index (χ0n) is 16.1. The van der Waals surface area contributed by atoms with Crippen molar-refractivity contribution < 1.29 is 19.1 Å². The summed E-state index contributed by atoms with van der Waals surface area (Å²) in [5.74, 6) is 1.47. The normalized spacial score (nSPS) is 12.1. The summed E-state index contributed by atoms with van der Waals surface area (Å²) in [5, 5.41) is 14.0. The first-order chi connectivity index (χ1) is 14.0. The first kappa shape index (κ1) is 20.7. The minimum Gasteiger partial charge on any atom is -0.508 e. The van der Waals surface area contributed by atoms with Crippen LogP contribution in [-0.4, -0.2) is 24.3 Å². The number of hydrazone groups is 1. The van der Waals surface area contributed by atoms with E-state index in [2.05, 4.69) is 26.5 Å². The third-order valence-corrected chi connectivity index (χ3v) is 4.93. The van der Waals surface area contributed by atoms with Gasteiger partial charge in [-0.2, -0.15) is 5.10 Å². The van der Waals surface area contributed by atoms with Crippen molar-refractivity contribution in [1.82, 2.24) is 5.43 Å². The van der Waals surface area contributed by atoms with Crippen molar-refractivity contribution in [3.63, 3.8) is 0 Å². The van der Waals surface area contributed by atoms with Gasteiger partial charge in [-0.05, 0) is 41.8 Å². The molecular weight excluding hydrogens is 436 g/mol. The smallest absolute Gasteiger partial charge is 0.240 e. The zero-order chi connectivity index (χ0) is 20.8. The minimum atomic E-state index is -0.261. The molecule has 0 spiro atoms. The number of halogens is 1. The molecule has 1 unspecified atom stereocenters. The van der Waals surface area contributed by atoms with Gasteiger partial charge in [0.1, 0.15) is 23.0 Å². The summed E-state index contributed by atoms with van der Waals surface area (Å²) >= 11 is 3.40. The molecule has 3 rings (SSSR count). The van der Waals surface area contributed by atoms with Crippen LogP contribution in [0.5, 0.6) is 11.5 Å². The zero-order valence-corrected chi connectivity index (χ0v) is 17.6. The number of amides is 1. The Morgan fingerprint density at radius 2 is 2.00 bits per heavy atom. The number of benzene rings is 2. The molecule has 1 atom stereocenters. The number of carbonyl (C=O) groups excluding carboxylic acids is 1. The number of phenols is 1. The quantitative estimate of drug-likeness (QED) is 0.384. The van der Waals surface area contributed by atoms with Crippen molar-refractivity contribution in [3.8, 4) is 22.8 Å². The van der Waals surface area contributed by atoms with Crippen LogP contribution in [0.3, 0.4) is 0 Å². The topological polar surface area (TPSA) is 84.1 Å². The molecule has 1 aromatic heterocycles. The van der Waals surface area contributed by atoms with Crippen molar-refractivity contribution in [2.75, 3.05) is 7.11 Å². The maximum atomic E-state index is 12.1. The summed E-state index contributed by atoms with van der Waals surface area (Å²) < 4.78 is 11.8. The minimum absolute atomic E-state index is 0.101. The molecule has 0 aliphatic heterocycles. The van der Waals surface area contributed by atoms with Crippen molar-refractivity contribution in [1.29, 1.82) is 0 Å². The lowest BCUT2D eigenvalue weighted by Crippen LogP contribution is -2.19. The van der Waals surface area contributed by atoms with Gasteiger partial charge in [0.15, 0.2) is 0 Å². The Bertz CT molecular complexity index is 1010. The van der Waals surface area contributed by atoms with Crippen LogP contribution in [0.4, 0.5) is 0 Å². The van der Waals surface area contributed by atoms with Crippen molar-refractivity contribution in [2.45, 2.75) is 19.3 Å². The van der Waals surface area contributed by atoms with E-state index in [9.17, 15) is 9.90 Å². The van der Waals surface area contributed by atoms with E-state index in [-0.39, 0.29) is 24.0 Å². The highest BCUT2D eigenvalue weighted by Crippen LogP contribution is 2.31. The summed E-state index contributed by atoms with van der Waals surface area (Å²) in [6.07, 6.45) is 1.63. The summed E-state index contributed by atoms with van der Waals surface area (Å²) in [7, 11) is 1.53. The third kappa shape index (κ3) is 5.48. The molecule has 0 saturated carbocycles. The lowest BCUT2D eigenvalue weighted by molar-refractivity contribution is -0.121. The standard InChI is InChI=1S/C22H21BrN2O4/c1-14(19-9-7-17(28-2)12-20(19)26)11-22(27)25-24-13-18-8-10-21(29-18)15-3-5-16(23)6-4-15/h3-10,12-14,26H,11H2,1-2H3,(H,25,27). The number of hydrogen-bond acceptors (Lipinski definition) is 5. The predicted molar refractivity (Wildman–Crippen MR) is 115 cm³/mol. The number of furan rings is 1. The first-order valence-electron chi connectivity index (χ1n) is 9.01. The van der Waals surface area contributed by atoms with Gasteiger partial charge >= 0.3 is 0 Å². The van der Waals surface area contributed by atoms with Crippen molar-refractivity contribution in [2.24, 2.45) is 5.10 Å². The molecule has 0 radical (unpaired) electrons. The van der Waals surface area contributed by atoms with Gasteiger partial charge in [0.2, 0.25) is 5.91 Å². The number of carbonyl (C=O) groups is 1. The van der Waals surface area contributed by atoms with E-state index in [0.29, 0.717) is 22.8 Å². The van der Waals surface area contributed by atoms with Crippen LogP contribution >= 0.6 is 15.9 Å². The number of methoxy groups -OCH3 is 1. The van der Waals surface area contributed by atoms with Gasteiger partial charge in [-0.3, -0.25) is 4.79 Å². The van der Waals surface area contributed by atoms with E-state index in [1.807, 2.05) is 37.3 Å². The van der Waals surface area contributed by atoms with Gasteiger partial charge in [-0.1, -0.05) is 41.1 Å². The Balaban J connectivity index is 1.55. The average molecular weight is 457 g/mol. The summed E-state index contributed by atoms with van der Waals surface area (Å²) in [5.41, 5.74) is 4.11. The van der Waals surface area contributed by atoms with Crippen LogP contribution in [-0.2, 0) is 4.79 Å². The molecule has 0 aliphatic rings.